The first-order valence-electron chi connectivity index (χ1n) is 7.61. The van der Waals surface area contributed by atoms with Crippen LogP contribution in [0.1, 0.15) is 35.5 Å². The van der Waals surface area contributed by atoms with E-state index >= 15 is 0 Å². The minimum absolute atomic E-state index is 0.312. The highest BCUT2D eigenvalue weighted by atomic mass is 16.5. The van der Waals surface area contributed by atoms with Gasteiger partial charge in [0.05, 0.1) is 5.56 Å². The number of urea groups is 1. The van der Waals surface area contributed by atoms with Crippen molar-refractivity contribution < 1.29 is 19.1 Å². The van der Waals surface area contributed by atoms with Crippen LogP contribution in [0.4, 0.5) is 4.79 Å². The Balaban J connectivity index is 2.25. The van der Waals surface area contributed by atoms with Crippen LogP contribution < -0.4 is 11.1 Å². The SMILES string of the molecule is Cc1[nH]c2ccc(C(=O)O[C@@H](C(=O)NC(N)=O)C(C)C)cc2c1C. The number of fused-ring (bicyclic) bond motifs is 1. The highest BCUT2D eigenvalue weighted by Gasteiger charge is 2.28. The monoisotopic (exact) mass is 331 g/mol. The van der Waals surface area contributed by atoms with Crippen molar-refractivity contribution in [2.45, 2.75) is 33.8 Å². The molecule has 0 fully saturated rings. The smallest absolute Gasteiger partial charge is 0.338 e. The maximum atomic E-state index is 12.4. The van der Waals surface area contributed by atoms with E-state index < -0.39 is 24.0 Å². The normalized spacial score (nSPS) is 12.2. The van der Waals surface area contributed by atoms with Crippen molar-refractivity contribution in [2.75, 3.05) is 0 Å². The Morgan fingerprint density at radius 3 is 2.46 bits per heavy atom. The van der Waals surface area contributed by atoms with E-state index in [1.165, 1.54) is 0 Å². The lowest BCUT2D eigenvalue weighted by atomic mass is 10.1. The molecule has 0 bridgehead atoms. The molecular formula is C17H21N3O4. The molecule has 4 N–H and O–H groups in total. The number of hydrogen-bond acceptors (Lipinski definition) is 4. The molecule has 7 heteroatoms. The highest BCUT2D eigenvalue weighted by molar-refractivity contribution is 6.00. The van der Waals surface area contributed by atoms with Crippen LogP contribution in [0.25, 0.3) is 10.9 Å². The number of nitrogens with two attached hydrogens (primary N) is 1. The van der Waals surface area contributed by atoms with Gasteiger partial charge in [0.25, 0.3) is 5.91 Å². The van der Waals surface area contributed by atoms with Crippen molar-refractivity contribution in [3.05, 3.63) is 35.0 Å². The van der Waals surface area contributed by atoms with Crippen molar-refractivity contribution in [1.82, 2.24) is 10.3 Å². The maximum absolute atomic E-state index is 12.4. The van der Waals surface area contributed by atoms with Crippen molar-refractivity contribution in [1.29, 1.82) is 0 Å². The molecule has 0 aliphatic carbocycles. The zero-order chi connectivity index (χ0) is 18.0. The number of aryl methyl sites for hydroxylation is 2. The lowest BCUT2D eigenvalue weighted by Gasteiger charge is -2.19. The second-order valence-corrected chi connectivity index (χ2v) is 6.06. The zero-order valence-corrected chi connectivity index (χ0v) is 14.1. The minimum atomic E-state index is -1.10. The molecule has 0 unspecified atom stereocenters. The van der Waals surface area contributed by atoms with Gasteiger partial charge in [0.1, 0.15) is 0 Å². The zero-order valence-electron chi connectivity index (χ0n) is 14.1. The Labute approximate surface area is 139 Å². The largest absolute Gasteiger partial charge is 0.448 e. The van der Waals surface area contributed by atoms with Crippen LogP contribution in [0.15, 0.2) is 18.2 Å². The van der Waals surface area contributed by atoms with Crippen LogP contribution in [-0.4, -0.2) is 29.0 Å². The van der Waals surface area contributed by atoms with Gasteiger partial charge in [0, 0.05) is 16.6 Å². The number of aromatic nitrogens is 1. The van der Waals surface area contributed by atoms with Crippen LogP contribution >= 0.6 is 0 Å². The van der Waals surface area contributed by atoms with Gasteiger partial charge in [0.15, 0.2) is 6.10 Å². The van der Waals surface area contributed by atoms with Gasteiger partial charge in [-0.05, 0) is 43.5 Å². The van der Waals surface area contributed by atoms with Crippen molar-refractivity contribution in [3.63, 3.8) is 0 Å². The van der Waals surface area contributed by atoms with E-state index in [1.807, 2.05) is 19.2 Å². The van der Waals surface area contributed by atoms with Gasteiger partial charge in [-0.1, -0.05) is 13.8 Å². The highest BCUT2D eigenvalue weighted by Crippen LogP contribution is 2.23. The number of hydrogen-bond donors (Lipinski definition) is 3. The Bertz CT molecular complexity index is 808. The fraction of sp³-hybridized carbons (Fsp3) is 0.353. The van der Waals surface area contributed by atoms with Crippen molar-refractivity contribution >= 4 is 28.8 Å². The number of ether oxygens (including phenoxy) is 1. The van der Waals surface area contributed by atoms with Crippen LogP contribution in [0.5, 0.6) is 0 Å². The molecule has 2 rings (SSSR count). The number of H-pyrrole nitrogens is 1. The van der Waals surface area contributed by atoms with Crippen molar-refractivity contribution in [3.8, 4) is 0 Å². The molecule has 1 heterocycles. The molecule has 1 aromatic carbocycles. The molecule has 0 saturated carbocycles. The standard InChI is InChI=1S/C17H21N3O4/c1-8(2)14(15(21)20-17(18)23)24-16(22)11-5-6-13-12(7-11)9(3)10(4)19-13/h5-8,14,19H,1-4H3,(H3,18,20,21,23)/t14-/m1/s1. The molecule has 24 heavy (non-hydrogen) atoms. The van der Waals surface area contributed by atoms with E-state index in [1.54, 1.807) is 32.0 Å². The van der Waals surface area contributed by atoms with Gasteiger partial charge < -0.3 is 15.5 Å². The van der Waals surface area contributed by atoms with Gasteiger partial charge in [-0.25, -0.2) is 9.59 Å². The number of amides is 3. The lowest BCUT2D eigenvalue weighted by molar-refractivity contribution is -0.130. The summed E-state index contributed by atoms with van der Waals surface area (Å²) in [6.45, 7) is 7.33. The molecule has 0 aliphatic heterocycles. The number of carbonyl (C=O) groups is 3. The number of imide groups is 1. The minimum Gasteiger partial charge on any atom is -0.448 e. The van der Waals surface area contributed by atoms with Gasteiger partial charge in [-0.3, -0.25) is 10.1 Å². The quantitative estimate of drug-likeness (QED) is 0.745. The third kappa shape index (κ3) is 3.56. The topological polar surface area (TPSA) is 114 Å². The van der Waals surface area contributed by atoms with Crippen LogP contribution in [0, 0.1) is 19.8 Å². The molecule has 128 valence electrons. The summed E-state index contributed by atoms with van der Waals surface area (Å²) in [5.41, 5.74) is 8.27. The molecule has 0 radical (unpaired) electrons. The van der Waals surface area contributed by atoms with E-state index in [9.17, 15) is 14.4 Å². The maximum Gasteiger partial charge on any atom is 0.338 e. The number of primary amides is 1. The molecule has 0 aliphatic rings. The molecular weight excluding hydrogens is 310 g/mol. The lowest BCUT2D eigenvalue weighted by Crippen LogP contribution is -2.45. The Hall–Kier alpha value is -2.83. The fourth-order valence-corrected chi connectivity index (χ4v) is 2.46. The van der Waals surface area contributed by atoms with Gasteiger partial charge in [-0.15, -0.1) is 0 Å². The number of aromatic amines is 1. The fourth-order valence-electron chi connectivity index (χ4n) is 2.46. The summed E-state index contributed by atoms with van der Waals surface area (Å²) < 4.78 is 5.29. The number of esters is 1. The second kappa shape index (κ2) is 6.74. The van der Waals surface area contributed by atoms with Gasteiger partial charge in [0.2, 0.25) is 0 Å². The van der Waals surface area contributed by atoms with E-state index in [2.05, 4.69) is 4.98 Å². The molecule has 0 saturated heterocycles. The van der Waals surface area contributed by atoms with Gasteiger partial charge >= 0.3 is 12.0 Å². The Morgan fingerprint density at radius 2 is 1.88 bits per heavy atom. The summed E-state index contributed by atoms with van der Waals surface area (Å²) in [6.07, 6.45) is -1.10. The molecule has 1 aromatic heterocycles. The number of carbonyl (C=O) groups excluding carboxylic acids is 3. The molecule has 3 amide bonds. The van der Waals surface area contributed by atoms with Crippen LogP contribution in [-0.2, 0) is 9.53 Å². The predicted octanol–water partition coefficient (Wildman–Crippen LogP) is 2.16. The van der Waals surface area contributed by atoms with Crippen LogP contribution in [0.3, 0.4) is 0 Å². The van der Waals surface area contributed by atoms with Crippen molar-refractivity contribution in [2.24, 2.45) is 11.7 Å². The summed E-state index contributed by atoms with van der Waals surface area (Å²) in [5, 5.41) is 2.86. The average molecular weight is 331 g/mol. The summed E-state index contributed by atoms with van der Waals surface area (Å²) in [6, 6.07) is 4.16. The second-order valence-electron chi connectivity index (χ2n) is 6.06. The molecule has 1 atom stereocenters. The summed E-state index contributed by atoms with van der Waals surface area (Å²) >= 11 is 0. The number of nitrogens with one attached hydrogen (secondary N) is 2. The van der Waals surface area contributed by atoms with Gasteiger partial charge in [-0.2, -0.15) is 0 Å². The third-order valence-corrected chi connectivity index (χ3v) is 3.89. The molecule has 0 spiro atoms. The first kappa shape index (κ1) is 17.5. The summed E-state index contributed by atoms with van der Waals surface area (Å²) in [4.78, 5) is 38.4. The predicted molar refractivity (Wildman–Crippen MR) is 89.5 cm³/mol. The molecule has 2 aromatic rings. The summed E-state index contributed by atoms with van der Waals surface area (Å²) in [5.74, 6) is -1.68. The van der Waals surface area contributed by atoms with E-state index in [0.717, 1.165) is 22.2 Å². The third-order valence-electron chi connectivity index (χ3n) is 3.89. The van der Waals surface area contributed by atoms with Crippen LogP contribution in [0.2, 0.25) is 0 Å². The number of rotatable bonds is 4. The van der Waals surface area contributed by atoms with E-state index in [0.29, 0.717) is 5.56 Å². The van der Waals surface area contributed by atoms with E-state index in [-0.39, 0.29) is 5.92 Å². The summed E-state index contributed by atoms with van der Waals surface area (Å²) in [7, 11) is 0. The Morgan fingerprint density at radius 1 is 1.21 bits per heavy atom. The average Bonchev–Trinajstić information content (AvgIpc) is 2.78. The first-order valence-corrected chi connectivity index (χ1v) is 7.61. The Kier molecular flexibility index (Phi) is 4.92. The number of benzene rings is 1. The van der Waals surface area contributed by atoms with E-state index in [4.69, 9.17) is 10.5 Å². The first-order chi connectivity index (χ1) is 11.2. The molecule has 7 nitrogen and oxygen atoms in total.